The van der Waals surface area contributed by atoms with E-state index < -0.39 is 0 Å². The van der Waals surface area contributed by atoms with Crippen LogP contribution in [0.4, 0.5) is 0 Å². The van der Waals surface area contributed by atoms with Crippen LogP contribution in [0.1, 0.15) is 19.3 Å². The molecule has 1 aliphatic rings. The predicted molar refractivity (Wildman–Crippen MR) is 35.2 cm³/mol. The number of nitrogens with zero attached hydrogens (tertiary/aromatic N) is 1. The Morgan fingerprint density at radius 1 is 1.60 bits per heavy atom. The number of hydrogen-bond acceptors (Lipinski definition) is 3. The molecule has 1 heterocycles. The highest BCUT2D eigenvalue weighted by atomic mass is 16.5. The lowest BCUT2D eigenvalue weighted by Gasteiger charge is -2.20. The zero-order valence-electron chi connectivity index (χ0n) is 5.88. The zero-order chi connectivity index (χ0) is 7.23. The largest absolute Gasteiger partial charge is 0.425 e. The Morgan fingerprint density at radius 3 is 3.10 bits per heavy atom. The molecule has 1 unspecified atom stereocenters. The van der Waals surface area contributed by atoms with Crippen LogP contribution in [0, 0.1) is 11.5 Å². The van der Waals surface area contributed by atoms with Crippen LogP contribution < -0.4 is 0 Å². The lowest BCUT2D eigenvalue weighted by atomic mass is 10.1. The van der Waals surface area contributed by atoms with E-state index in [9.17, 15) is 0 Å². The Labute approximate surface area is 60.5 Å². The molecule has 0 N–H and O–H groups in total. The molecule has 0 aliphatic carbocycles. The third-order valence-corrected chi connectivity index (χ3v) is 1.61. The van der Waals surface area contributed by atoms with Gasteiger partial charge in [0.05, 0.1) is 6.10 Å². The standard InChI is InChI=1S/C7H11NO2/c8-6-9-5-7-3-1-2-4-10-7/h7H,1-5H2. The fourth-order valence-corrected chi connectivity index (χ4v) is 1.07. The predicted octanol–water partition coefficient (Wildman–Crippen LogP) is 1.05. The molecule has 56 valence electrons. The van der Waals surface area contributed by atoms with E-state index in [2.05, 4.69) is 4.74 Å². The van der Waals surface area contributed by atoms with E-state index in [1.807, 2.05) is 0 Å². The Hall–Kier alpha value is -0.750. The maximum atomic E-state index is 8.07. The first-order chi connectivity index (χ1) is 4.93. The van der Waals surface area contributed by atoms with Gasteiger partial charge in [-0.25, -0.2) is 0 Å². The van der Waals surface area contributed by atoms with Crippen molar-refractivity contribution in [3.05, 3.63) is 0 Å². The molecule has 0 aromatic heterocycles. The average Bonchev–Trinajstić information content (AvgIpc) is 2.03. The highest BCUT2D eigenvalue weighted by molar-refractivity contribution is 4.64. The molecule has 0 bridgehead atoms. The molecule has 10 heavy (non-hydrogen) atoms. The summed E-state index contributed by atoms with van der Waals surface area (Å²) in [4.78, 5) is 0. The Morgan fingerprint density at radius 2 is 2.50 bits per heavy atom. The summed E-state index contributed by atoms with van der Waals surface area (Å²) in [5.74, 6) is 0. The van der Waals surface area contributed by atoms with Crippen LogP contribution in [0.2, 0.25) is 0 Å². The third kappa shape index (κ3) is 2.24. The molecule has 3 nitrogen and oxygen atoms in total. The fourth-order valence-electron chi connectivity index (χ4n) is 1.07. The molecule has 1 aliphatic heterocycles. The minimum Gasteiger partial charge on any atom is -0.425 e. The van der Waals surface area contributed by atoms with Gasteiger partial charge in [-0.1, -0.05) is 0 Å². The van der Waals surface area contributed by atoms with Gasteiger partial charge in [-0.15, -0.1) is 0 Å². The van der Waals surface area contributed by atoms with Crippen molar-refractivity contribution in [1.29, 1.82) is 5.26 Å². The first-order valence-corrected chi connectivity index (χ1v) is 3.56. The molecule has 0 spiro atoms. The highest BCUT2D eigenvalue weighted by Crippen LogP contribution is 2.12. The maximum Gasteiger partial charge on any atom is 0.286 e. The van der Waals surface area contributed by atoms with Crippen molar-refractivity contribution in [2.75, 3.05) is 13.2 Å². The molecule has 0 saturated carbocycles. The second-order valence-electron chi connectivity index (χ2n) is 2.39. The van der Waals surface area contributed by atoms with Crippen molar-refractivity contribution in [1.82, 2.24) is 0 Å². The summed E-state index contributed by atoms with van der Waals surface area (Å²) in [7, 11) is 0. The van der Waals surface area contributed by atoms with Crippen molar-refractivity contribution in [3.8, 4) is 6.26 Å². The SMILES string of the molecule is N#COCC1CCCCO1. The summed E-state index contributed by atoms with van der Waals surface area (Å²) in [6, 6.07) is 0. The van der Waals surface area contributed by atoms with Gasteiger partial charge in [0, 0.05) is 6.61 Å². The van der Waals surface area contributed by atoms with Crippen LogP contribution in [0.3, 0.4) is 0 Å². The summed E-state index contributed by atoms with van der Waals surface area (Å²) < 4.78 is 9.86. The topological polar surface area (TPSA) is 42.2 Å². The summed E-state index contributed by atoms with van der Waals surface area (Å²) >= 11 is 0. The monoisotopic (exact) mass is 141 g/mol. The molecule has 0 aromatic rings. The lowest BCUT2D eigenvalue weighted by molar-refractivity contribution is -0.0179. The van der Waals surface area contributed by atoms with Crippen LogP contribution >= 0.6 is 0 Å². The first-order valence-electron chi connectivity index (χ1n) is 3.56. The van der Waals surface area contributed by atoms with Crippen LogP contribution in [-0.4, -0.2) is 19.3 Å². The molecule has 3 heteroatoms. The van der Waals surface area contributed by atoms with Gasteiger partial charge in [-0.2, -0.15) is 5.26 Å². The maximum absolute atomic E-state index is 8.07. The summed E-state index contributed by atoms with van der Waals surface area (Å²) in [5, 5.41) is 8.07. The van der Waals surface area contributed by atoms with E-state index in [1.54, 1.807) is 6.26 Å². The van der Waals surface area contributed by atoms with Gasteiger partial charge in [-0.3, -0.25) is 0 Å². The molecule has 1 saturated heterocycles. The van der Waals surface area contributed by atoms with E-state index in [-0.39, 0.29) is 6.10 Å². The van der Waals surface area contributed by atoms with E-state index in [1.165, 1.54) is 6.42 Å². The Bertz CT molecular complexity index is 124. The molecular weight excluding hydrogens is 130 g/mol. The first kappa shape index (κ1) is 7.36. The van der Waals surface area contributed by atoms with Crippen LogP contribution in [0.15, 0.2) is 0 Å². The molecule has 1 rings (SSSR count). The number of rotatable bonds is 2. The van der Waals surface area contributed by atoms with Gasteiger partial charge in [0.25, 0.3) is 6.26 Å². The van der Waals surface area contributed by atoms with Crippen molar-refractivity contribution in [2.24, 2.45) is 0 Å². The van der Waals surface area contributed by atoms with E-state index in [0.29, 0.717) is 6.61 Å². The second kappa shape index (κ2) is 4.13. The van der Waals surface area contributed by atoms with Gasteiger partial charge in [0.15, 0.2) is 0 Å². The van der Waals surface area contributed by atoms with Gasteiger partial charge in [-0.05, 0) is 19.3 Å². The smallest absolute Gasteiger partial charge is 0.286 e. The second-order valence-corrected chi connectivity index (χ2v) is 2.39. The molecule has 1 atom stereocenters. The van der Waals surface area contributed by atoms with Gasteiger partial charge >= 0.3 is 0 Å². The van der Waals surface area contributed by atoms with Crippen molar-refractivity contribution in [2.45, 2.75) is 25.4 Å². The minimum atomic E-state index is 0.161. The van der Waals surface area contributed by atoms with E-state index in [0.717, 1.165) is 19.4 Å². The summed E-state index contributed by atoms with van der Waals surface area (Å²) in [5.41, 5.74) is 0. The number of ether oxygens (including phenoxy) is 2. The van der Waals surface area contributed by atoms with Crippen LogP contribution in [-0.2, 0) is 9.47 Å². The molecule has 0 radical (unpaired) electrons. The van der Waals surface area contributed by atoms with E-state index in [4.69, 9.17) is 10.00 Å². The normalized spacial score (nSPS) is 25.3. The lowest BCUT2D eigenvalue weighted by Crippen LogP contribution is -2.23. The minimum absolute atomic E-state index is 0.161. The molecule has 0 amide bonds. The molecular formula is C7H11NO2. The van der Waals surface area contributed by atoms with Gasteiger partial charge in [0.1, 0.15) is 6.61 Å². The molecule has 0 aromatic carbocycles. The van der Waals surface area contributed by atoms with Crippen molar-refractivity contribution in [3.63, 3.8) is 0 Å². The van der Waals surface area contributed by atoms with Crippen LogP contribution in [0.25, 0.3) is 0 Å². The quantitative estimate of drug-likeness (QED) is 0.540. The fraction of sp³-hybridized carbons (Fsp3) is 0.857. The van der Waals surface area contributed by atoms with Crippen molar-refractivity contribution < 1.29 is 9.47 Å². The third-order valence-electron chi connectivity index (χ3n) is 1.61. The Balaban J connectivity index is 2.09. The number of hydrogen-bond donors (Lipinski definition) is 0. The molecule has 1 fully saturated rings. The number of nitriles is 1. The Kier molecular flexibility index (Phi) is 3.04. The zero-order valence-corrected chi connectivity index (χ0v) is 5.88. The highest BCUT2D eigenvalue weighted by Gasteiger charge is 2.13. The van der Waals surface area contributed by atoms with Gasteiger partial charge < -0.3 is 9.47 Å². The van der Waals surface area contributed by atoms with Crippen LogP contribution in [0.5, 0.6) is 0 Å². The average molecular weight is 141 g/mol. The summed E-state index contributed by atoms with van der Waals surface area (Å²) in [6.45, 7) is 1.25. The van der Waals surface area contributed by atoms with E-state index >= 15 is 0 Å². The van der Waals surface area contributed by atoms with Crippen molar-refractivity contribution >= 4 is 0 Å². The van der Waals surface area contributed by atoms with Gasteiger partial charge in [0.2, 0.25) is 0 Å². The summed E-state index contributed by atoms with van der Waals surface area (Å²) in [6.07, 6.45) is 5.16.